The van der Waals surface area contributed by atoms with E-state index in [9.17, 15) is 4.79 Å². The lowest BCUT2D eigenvalue weighted by atomic mass is 9.92. The molecule has 0 spiro atoms. The van der Waals surface area contributed by atoms with Gasteiger partial charge >= 0.3 is 0 Å². The van der Waals surface area contributed by atoms with E-state index >= 15 is 0 Å². The quantitative estimate of drug-likeness (QED) is 0.674. The Morgan fingerprint density at radius 1 is 1.15 bits per heavy atom. The van der Waals surface area contributed by atoms with Crippen LogP contribution >= 0.6 is 0 Å². The van der Waals surface area contributed by atoms with Crippen LogP contribution < -0.4 is 0 Å². The molecule has 1 saturated heterocycles. The van der Waals surface area contributed by atoms with Crippen LogP contribution in [-0.2, 0) is 19.4 Å². The summed E-state index contributed by atoms with van der Waals surface area (Å²) in [5.41, 5.74) is 2.51. The van der Waals surface area contributed by atoms with Gasteiger partial charge in [-0.15, -0.1) is 0 Å². The number of carbonyl (C=O) groups excluding carboxylic acids is 1. The Hall–Kier alpha value is -1.94. The Kier molecular flexibility index (Phi) is 6.62. The van der Waals surface area contributed by atoms with Crippen LogP contribution in [0, 0.1) is 5.92 Å². The predicted octanol–water partition coefficient (Wildman–Crippen LogP) is 3.99. The maximum atomic E-state index is 13.1. The number of ketones is 1. The SMILES string of the molecule is CCCCc1cnc(C(=O)C2CCN(C)CC2)n1CCc1ccccc1. The summed E-state index contributed by atoms with van der Waals surface area (Å²) in [6, 6.07) is 10.5. The minimum atomic E-state index is 0.128. The van der Waals surface area contributed by atoms with Gasteiger partial charge < -0.3 is 9.47 Å². The fourth-order valence-electron chi connectivity index (χ4n) is 3.75. The third-order valence-corrected chi connectivity index (χ3v) is 5.50. The van der Waals surface area contributed by atoms with Crippen molar-refractivity contribution < 1.29 is 4.79 Å². The number of hydrogen-bond donors (Lipinski definition) is 0. The van der Waals surface area contributed by atoms with Gasteiger partial charge in [0.25, 0.3) is 0 Å². The molecule has 0 unspecified atom stereocenters. The number of aromatic nitrogens is 2. The average Bonchev–Trinajstić information content (AvgIpc) is 3.08. The number of unbranched alkanes of at least 4 members (excludes halogenated alkanes) is 1. The van der Waals surface area contributed by atoms with E-state index in [2.05, 4.69) is 52.7 Å². The third kappa shape index (κ3) is 4.61. The van der Waals surface area contributed by atoms with Crippen molar-refractivity contribution in [3.05, 3.63) is 53.6 Å². The number of Topliss-reactive ketones (excluding diaryl/α,β-unsaturated/α-hetero) is 1. The summed E-state index contributed by atoms with van der Waals surface area (Å²) in [6.07, 6.45) is 8.06. The highest BCUT2D eigenvalue weighted by Crippen LogP contribution is 2.22. The van der Waals surface area contributed by atoms with Gasteiger partial charge in [-0.1, -0.05) is 43.7 Å². The molecule has 0 atom stereocenters. The Bertz CT molecular complexity index is 699. The molecule has 0 radical (unpaired) electrons. The van der Waals surface area contributed by atoms with Crippen molar-refractivity contribution in [1.29, 1.82) is 0 Å². The number of likely N-dealkylation sites (tertiary alicyclic amines) is 1. The molecule has 0 aliphatic carbocycles. The van der Waals surface area contributed by atoms with Crippen LogP contribution in [0.5, 0.6) is 0 Å². The zero-order valence-electron chi connectivity index (χ0n) is 16.2. The molecule has 1 aromatic heterocycles. The highest BCUT2D eigenvalue weighted by atomic mass is 16.1. The zero-order valence-corrected chi connectivity index (χ0v) is 16.2. The molecule has 1 aliphatic heterocycles. The zero-order chi connectivity index (χ0) is 18.4. The lowest BCUT2D eigenvalue weighted by Gasteiger charge is -2.28. The van der Waals surface area contributed by atoms with Crippen LogP contribution in [0.2, 0.25) is 0 Å². The molecule has 1 aliphatic rings. The van der Waals surface area contributed by atoms with E-state index in [4.69, 9.17) is 0 Å². The van der Waals surface area contributed by atoms with Gasteiger partial charge in [-0.3, -0.25) is 4.79 Å². The van der Waals surface area contributed by atoms with Crippen LogP contribution in [0.3, 0.4) is 0 Å². The molecule has 3 rings (SSSR count). The van der Waals surface area contributed by atoms with E-state index in [0.29, 0.717) is 5.82 Å². The van der Waals surface area contributed by atoms with Gasteiger partial charge in [-0.05, 0) is 57.8 Å². The van der Waals surface area contributed by atoms with E-state index < -0.39 is 0 Å². The second kappa shape index (κ2) is 9.13. The topological polar surface area (TPSA) is 38.1 Å². The van der Waals surface area contributed by atoms with E-state index in [-0.39, 0.29) is 11.7 Å². The number of imidazole rings is 1. The second-order valence-corrected chi connectivity index (χ2v) is 7.51. The molecule has 1 fully saturated rings. The van der Waals surface area contributed by atoms with Crippen molar-refractivity contribution in [1.82, 2.24) is 14.5 Å². The molecular formula is C22H31N3O. The molecule has 4 heteroatoms. The first kappa shape index (κ1) is 18.8. The fourth-order valence-corrected chi connectivity index (χ4v) is 3.75. The predicted molar refractivity (Wildman–Crippen MR) is 106 cm³/mol. The number of hydrogen-bond acceptors (Lipinski definition) is 3. The molecule has 0 saturated carbocycles. The molecule has 2 heterocycles. The van der Waals surface area contributed by atoms with Gasteiger partial charge in [-0.2, -0.15) is 0 Å². The van der Waals surface area contributed by atoms with Crippen LogP contribution in [0.25, 0.3) is 0 Å². The summed E-state index contributed by atoms with van der Waals surface area (Å²) in [5, 5.41) is 0. The van der Waals surface area contributed by atoms with Crippen molar-refractivity contribution in [2.24, 2.45) is 5.92 Å². The highest BCUT2D eigenvalue weighted by molar-refractivity contribution is 5.95. The van der Waals surface area contributed by atoms with Gasteiger partial charge in [0.15, 0.2) is 5.82 Å². The number of aryl methyl sites for hydroxylation is 2. The van der Waals surface area contributed by atoms with Gasteiger partial charge in [0.2, 0.25) is 5.78 Å². The second-order valence-electron chi connectivity index (χ2n) is 7.51. The summed E-state index contributed by atoms with van der Waals surface area (Å²) < 4.78 is 2.20. The van der Waals surface area contributed by atoms with Crippen molar-refractivity contribution in [2.45, 2.75) is 52.0 Å². The largest absolute Gasteiger partial charge is 0.325 e. The number of nitrogens with zero attached hydrogens (tertiary/aromatic N) is 3. The van der Waals surface area contributed by atoms with E-state index in [1.807, 2.05) is 12.3 Å². The van der Waals surface area contributed by atoms with Crippen molar-refractivity contribution in [3.8, 4) is 0 Å². The molecule has 0 bridgehead atoms. The van der Waals surface area contributed by atoms with Gasteiger partial charge in [-0.25, -0.2) is 4.98 Å². The average molecular weight is 354 g/mol. The Morgan fingerprint density at radius 2 is 1.88 bits per heavy atom. The summed E-state index contributed by atoms with van der Waals surface area (Å²) in [5.74, 6) is 1.05. The molecule has 2 aromatic rings. The first-order valence-electron chi connectivity index (χ1n) is 10.00. The summed E-state index contributed by atoms with van der Waals surface area (Å²) in [4.78, 5) is 20.0. The van der Waals surface area contributed by atoms with E-state index in [0.717, 1.165) is 58.2 Å². The lowest BCUT2D eigenvalue weighted by Crippen LogP contribution is -2.34. The van der Waals surface area contributed by atoms with Crippen molar-refractivity contribution in [3.63, 3.8) is 0 Å². The summed E-state index contributed by atoms with van der Waals surface area (Å²) in [6.45, 7) is 5.04. The Morgan fingerprint density at radius 3 is 2.58 bits per heavy atom. The standard InChI is InChI=1S/C22H31N3O/c1-3-4-10-20-17-23-22(21(26)19-12-14-24(2)15-13-19)25(20)16-11-18-8-6-5-7-9-18/h5-9,17,19H,3-4,10-16H2,1-2H3. The van der Waals surface area contributed by atoms with Gasteiger partial charge in [0.1, 0.15) is 0 Å². The first-order valence-corrected chi connectivity index (χ1v) is 10.00. The molecule has 140 valence electrons. The minimum absolute atomic E-state index is 0.128. The summed E-state index contributed by atoms with van der Waals surface area (Å²) in [7, 11) is 2.13. The Balaban J connectivity index is 1.77. The van der Waals surface area contributed by atoms with Crippen LogP contribution in [0.1, 0.15) is 54.5 Å². The number of piperidine rings is 1. The molecule has 4 nitrogen and oxygen atoms in total. The molecule has 0 N–H and O–H groups in total. The van der Waals surface area contributed by atoms with Gasteiger partial charge in [0, 0.05) is 24.4 Å². The van der Waals surface area contributed by atoms with E-state index in [1.165, 1.54) is 11.3 Å². The smallest absolute Gasteiger partial charge is 0.201 e. The lowest BCUT2D eigenvalue weighted by molar-refractivity contribution is 0.0841. The minimum Gasteiger partial charge on any atom is -0.325 e. The number of carbonyl (C=O) groups is 1. The molecular weight excluding hydrogens is 322 g/mol. The number of rotatable bonds is 8. The fraction of sp³-hybridized carbons (Fsp3) is 0.545. The van der Waals surface area contributed by atoms with Gasteiger partial charge in [0.05, 0.1) is 0 Å². The Labute approximate surface area is 157 Å². The molecule has 26 heavy (non-hydrogen) atoms. The molecule has 0 amide bonds. The first-order chi connectivity index (χ1) is 12.7. The van der Waals surface area contributed by atoms with Crippen LogP contribution in [-0.4, -0.2) is 40.4 Å². The maximum absolute atomic E-state index is 13.1. The van der Waals surface area contributed by atoms with E-state index in [1.54, 1.807) is 0 Å². The van der Waals surface area contributed by atoms with Crippen molar-refractivity contribution in [2.75, 3.05) is 20.1 Å². The van der Waals surface area contributed by atoms with Crippen LogP contribution in [0.15, 0.2) is 36.5 Å². The normalized spacial score (nSPS) is 16.1. The highest BCUT2D eigenvalue weighted by Gasteiger charge is 2.28. The van der Waals surface area contributed by atoms with Crippen molar-refractivity contribution >= 4 is 5.78 Å². The molecule has 1 aromatic carbocycles. The monoisotopic (exact) mass is 353 g/mol. The third-order valence-electron chi connectivity index (χ3n) is 5.50. The number of benzene rings is 1. The van der Waals surface area contributed by atoms with Crippen LogP contribution in [0.4, 0.5) is 0 Å². The summed E-state index contributed by atoms with van der Waals surface area (Å²) >= 11 is 0. The maximum Gasteiger partial charge on any atom is 0.201 e.